The quantitative estimate of drug-likeness (QED) is 0.465. The second-order valence-corrected chi connectivity index (χ2v) is 3.57. The van der Waals surface area contributed by atoms with Crippen LogP contribution in [0.1, 0.15) is 24.4 Å². The van der Waals surface area contributed by atoms with Gasteiger partial charge in [-0.15, -0.1) is 0 Å². The molecule has 0 heterocycles. The van der Waals surface area contributed by atoms with Gasteiger partial charge in [-0.05, 0) is 36.1 Å². The van der Waals surface area contributed by atoms with Crippen LogP contribution in [0.3, 0.4) is 0 Å². The minimum Gasteiger partial charge on any atom is -0.396 e. The molecule has 0 spiro atoms. The van der Waals surface area contributed by atoms with E-state index in [1.165, 1.54) is 0 Å². The fourth-order valence-corrected chi connectivity index (χ4v) is 1.45. The van der Waals surface area contributed by atoms with Gasteiger partial charge in [-0.25, -0.2) is 0 Å². The van der Waals surface area contributed by atoms with Crippen LogP contribution in [0.4, 0.5) is 0 Å². The van der Waals surface area contributed by atoms with E-state index in [9.17, 15) is 0 Å². The first-order valence-electron chi connectivity index (χ1n) is 4.68. The van der Waals surface area contributed by atoms with Gasteiger partial charge in [0.05, 0.1) is 6.04 Å². The summed E-state index contributed by atoms with van der Waals surface area (Å²) in [6, 6.07) is 6.96. The second-order valence-electron chi connectivity index (χ2n) is 3.14. The van der Waals surface area contributed by atoms with Gasteiger partial charge in [0.1, 0.15) is 0 Å². The van der Waals surface area contributed by atoms with Crippen molar-refractivity contribution in [2.45, 2.75) is 18.9 Å². The molecule has 0 saturated heterocycles. The average Bonchev–Trinajstić information content (AvgIpc) is 2.25. The highest BCUT2D eigenvalue weighted by molar-refractivity contribution is 6.30. The zero-order chi connectivity index (χ0) is 11.1. The van der Waals surface area contributed by atoms with Crippen molar-refractivity contribution in [1.82, 2.24) is 0 Å². The molecule has 0 bridgehead atoms. The third-order valence-electron chi connectivity index (χ3n) is 2.08. The van der Waals surface area contributed by atoms with Gasteiger partial charge in [0.25, 0.3) is 0 Å². The first kappa shape index (κ1) is 11.9. The standard InChI is InChI=1S/C10H12ClN3O/c11-9-5-3-8(4-6-9)10(13-14-12)2-1-7-15/h3-6,10,15H,1-2,7H2. The van der Waals surface area contributed by atoms with E-state index < -0.39 is 0 Å². The van der Waals surface area contributed by atoms with Crippen LogP contribution in [-0.2, 0) is 0 Å². The molecule has 5 heteroatoms. The summed E-state index contributed by atoms with van der Waals surface area (Å²) < 4.78 is 0. The number of hydrogen-bond donors (Lipinski definition) is 1. The lowest BCUT2D eigenvalue weighted by molar-refractivity contribution is 0.280. The molecule has 1 unspecified atom stereocenters. The summed E-state index contributed by atoms with van der Waals surface area (Å²) in [5, 5.41) is 13.1. The van der Waals surface area contributed by atoms with E-state index in [0.29, 0.717) is 17.9 Å². The fraction of sp³-hybridized carbons (Fsp3) is 0.400. The Balaban J connectivity index is 2.78. The topological polar surface area (TPSA) is 69.0 Å². The monoisotopic (exact) mass is 225 g/mol. The zero-order valence-corrected chi connectivity index (χ0v) is 8.93. The summed E-state index contributed by atoms with van der Waals surface area (Å²) in [6.45, 7) is 0.102. The molecule has 1 aromatic carbocycles. The lowest BCUT2D eigenvalue weighted by Gasteiger charge is -2.10. The summed E-state index contributed by atoms with van der Waals surface area (Å²) in [5.74, 6) is 0. The summed E-state index contributed by atoms with van der Waals surface area (Å²) in [6.07, 6.45) is 1.26. The predicted molar refractivity (Wildman–Crippen MR) is 59.7 cm³/mol. The molecule has 0 aliphatic rings. The number of aliphatic hydroxyl groups is 1. The summed E-state index contributed by atoms with van der Waals surface area (Å²) in [4.78, 5) is 2.80. The van der Waals surface area contributed by atoms with E-state index in [-0.39, 0.29) is 12.6 Å². The Hall–Kier alpha value is -1.22. The summed E-state index contributed by atoms with van der Waals surface area (Å²) in [5.41, 5.74) is 9.34. The third-order valence-corrected chi connectivity index (χ3v) is 2.33. The molecule has 0 aromatic heterocycles. The molecule has 1 N–H and O–H groups in total. The second kappa shape index (κ2) is 6.30. The van der Waals surface area contributed by atoms with Crippen LogP contribution in [0.15, 0.2) is 29.4 Å². The molecule has 1 atom stereocenters. The van der Waals surface area contributed by atoms with Gasteiger partial charge in [-0.2, -0.15) is 0 Å². The molecule has 1 aromatic rings. The first-order valence-corrected chi connectivity index (χ1v) is 5.06. The maximum absolute atomic E-state index is 8.72. The highest BCUT2D eigenvalue weighted by Crippen LogP contribution is 2.24. The minimum atomic E-state index is -0.223. The van der Waals surface area contributed by atoms with Gasteiger partial charge >= 0.3 is 0 Å². The van der Waals surface area contributed by atoms with Gasteiger partial charge in [0.2, 0.25) is 0 Å². The Kier molecular flexibility index (Phi) is 4.98. The average molecular weight is 226 g/mol. The molecular weight excluding hydrogens is 214 g/mol. The minimum absolute atomic E-state index is 0.102. The molecule has 80 valence electrons. The fourth-order valence-electron chi connectivity index (χ4n) is 1.32. The van der Waals surface area contributed by atoms with E-state index in [1.807, 2.05) is 12.1 Å². The normalized spacial score (nSPS) is 11.9. The van der Waals surface area contributed by atoms with Crippen molar-refractivity contribution in [2.75, 3.05) is 6.61 Å². The lowest BCUT2D eigenvalue weighted by atomic mass is 10.0. The number of nitrogens with zero attached hydrogens (tertiary/aromatic N) is 3. The number of halogens is 1. The summed E-state index contributed by atoms with van der Waals surface area (Å²) in [7, 11) is 0. The summed E-state index contributed by atoms with van der Waals surface area (Å²) >= 11 is 5.75. The Bertz CT molecular complexity index is 346. The molecule has 0 fully saturated rings. The van der Waals surface area contributed by atoms with Crippen LogP contribution in [0.25, 0.3) is 10.4 Å². The van der Waals surface area contributed by atoms with E-state index in [1.54, 1.807) is 12.1 Å². The lowest BCUT2D eigenvalue weighted by Crippen LogP contribution is -1.96. The van der Waals surface area contributed by atoms with E-state index in [4.69, 9.17) is 22.2 Å². The molecule has 0 aliphatic heterocycles. The van der Waals surface area contributed by atoms with Gasteiger partial charge in [-0.3, -0.25) is 0 Å². The molecule has 15 heavy (non-hydrogen) atoms. The smallest absolute Gasteiger partial charge is 0.0626 e. The number of hydrogen-bond acceptors (Lipinski definition) is 2. The van der Waals surface area contributed by atoms with Gasteiger partial charge in [-0.1, -0.05) is 28.8 Å². The Morgan fingerprint density at radius 3 is 2.60 bits per heavy atom. The molecule has 1 rings (SSSR count). The maximum atomic E-state index is 8.72. The van der Waals surface area contributed by atoms with Crippen molar-refractivity contribution in [3.8, 4) is 0 Å². The SMILES string of the molecule is [N-]=[N+]=NC(CCCO)c1ccc(Cl)cc1. The molecule has 0 aliphatic carbocycles. The van der Waals surface area contributed by atoms with Crippen molar-refractivity contribution >= 4 is 11.6 Å². The highest BCUT2D eigenvalue weighted by Gasteiger charge is 2.08. The van der Waals surface area contributed by atoms with Crippen molar-refractivity contribution in [2.24, 2.45) is 5.11 Å². The molecule has 4 nitrogen and oxygen atoms in total. The van der Waals surface area contributed by atoms with E-state index in [2.05, 4.69) is 10.0 Å². The first-order chi connectivity index (χ1) is 7.27. The zero-order valence-electron chi connectivity index (χ0n) is 8.17. The van der Waals surface area contributed by atoms with Crippen molar-refractivity contribution in [1.29, 1.82) is 0 Å². The van der Waals surface area contributed by atoms with Crippen LogP contribution in [0.5, 0.6) is 0 Å². The van der Waals surface area contributed by atoms with Crippen LogP contribution in [-0.4, -0.2) is 11.7 Å². The number of azide groups is 1. The highest BCUT2D eigenvalue weighted by atomic mass is 35.5. The number of rotatable bonds is 5. The Morgan fingerprint density at radius 1 is 1.40 bits per heavy atom. The van der Waals surface area contributed by atoms with E-state index in [0.717, 1.165) is 5.56 Å². The largest absolute Gasteiger partial charge is 0.396 e. The van der Waals surface area contributed by atoms with Crippen molar-refractivity contribution in [3.63, 3.8) is 0 Å². The van der Waals surface area contributed by atoms with Gasteiger partial charge < -0.3 is 5.11 Å². The number of benzene rings is 1. The van der Waals surface area contributed by atoms with Crippen LogP contribution in [0.2, 0.25) is 5.02 Å². The molecular formula is C10H12ClN3O. The van der Waals surface area contributed by atoms with Crippen LogP contribution < -0.4 is 0 Å². The predicted octanol–water partition coefficient (Wildman–Crippen LogP) is 3.46. The Morgan fingerprint density at radius 2 is 2.07 bits per heavy atom. The molecule has 0 radical (unpaired) electrons. The maximum Gasteiger partial charge on any atom is 0.0626 e. The Labute approximate surface area is 93.1 Å². The number of aliphatic hydroxyl groups excluding tert-OH is 1. The van der Waals surface area contributed by atoms with Gasteiger partial charge in [0.15, 0.2) is 0 Å². The molecule has 0 saturated carbocycles. The van der Waals surface area contributed by atoms with Gasteiger partial charge in [0, 0.05) is 16.5 Å². The van der Waals surface area contributed by atoms with Crippen LogP contribution in [0, 0.1) is 0 Å². The third kappa shape index (κ3) is 3.80. The van der Waals surface area contributed by atoms with Crippen LogP contribution >= 0.6 is 11.6 Å². The van der Waals surface area contributed by atoms with Crippen molar-refractivity contribution < 1.29 is 5.11 Å². The molecule has 0 amide bonds. The van der Waals surface area contributed by atoms with E-state index >= 15 is 0 Å². The van der Waals surface area contributed by atoms with Crippen molar-refractivity contribution in [3.05, 3.63) is 45.3 Å².